The van der Waals surface area contributed by atoms with Gasteiger partial charge in [0.2, 0.25) is 0 Å². The third-order valence-electron chi connectivity index (χ3n) is 3.49. The Bertz CT molecular complexity index is 1050. The summed E-state index contributed by atoms with van der Waals surface area (Å²) in [6.07, 6.45) is 1.39. The first kappa shape index (κ1) is 19.7. The number of amides is 1. The average molecular weight is 517 g/mol. The smallest absolute Gasteiger partial charge is 0.307 e. The fourth-order valence-electron chi connectivity index (χ4n) is 2.34. The number of halogens is 3. The lowest BCUT2D eigenvalue weighted by molar-refractivity contribution is 0.0929. The van der Waals surface area contributed by atoms with Gasteiger partial charge in [-0.15, -0.1) is 0 Å². The third-order valence-corrected chi connectivity index (χ3v) is 4.82. The van der Waals surface area contributed by atoms with E-state index in [1.807, 2.05) is 12.1 Å². The molecule has 0 aliphatic rings. The van der Waals surface area contributed by atoms with E-state index in [9.17, 15) is 9.90 Å². The van der Waals surface area contributed by atoms with E-state index in [2.05, 4.69) is 42.4 Å². The minimum atomic E-state index is -0.500. The first-order valence-corrected chi connectivity index (χ1v) is 9.72. The normalized spacial score (nSPS) is 11.3. The second-order valence-corrected chi connectivity index (χ2v) is 7.58. The van der Waals surface area contributed by atoms with E-state index < -0.39 is 5.91 Å². The number of nitrogens with zero attached hydrogens (tertiary/aromatic N) is 1. The lowest BCUT2D eigenvalue weighted by Gasteiger charge is -2.08. The standard InChI is InChI=1S/C18H13Br2ClN2O4/c1-2-26-14-4-9(3-13(21)16(14)24)8-22-23-18(25)15-6-10-5-11(19)7-12(20)17(10)27-15/h3-8,24H,2H2,1H3,(H,23,25)/b22-8-. The number of rotatable bonds is 5. The van der Waals surface area contributed by atoms with E-state index in [4.69, 9.17) is 20.8 Å². The molecule has 0 atom stereocenters. The van der Waals surface area contributed by atoms with Crippen LogP contribution in [0.15, 0.2) is 48.8 Å². The van der Waals surface area contributed by atoms with E-state index in [-0.39, 0.29) is 22.3 Å². The maximum Gasteiger partial charge on any atom is 0.307 e. The molecule has 0 radical (unpaired) electrons. The number of phenolic OH excluding ortho intramolecular Hbond substituents is 1. The molecular weight excluding hydrogens is 503 g/mol. The molecule has 0 aliphatic carbocycles. The van der Waals surface area contributed by atoms with Gasteiger partial charge in [0.05, 0.1) is 22.3 Å². The Hall–Kier alpha value is -2.03. The van der Waals surface area contributed by atoms with E-state index in [1.165, 1.54) is 12.3 Å². The summed E-state index contributed by atoms with van der Waals surface area (Å²) < 4.78 is 12.5. The summed E-state index contributed by atoms with van der Waals surface area (Å²) in [5.41, 5.74) is 3.51. The maximum atomic E-state index is 12.3. The monoisotopic (exact) mass is 514 g/mol. The Balaban J connectivity index is 1.77. The Morgan fingerprint density at radius 2 is 2.11 bits per heavy atom. The Morgan fingerprint density at radius 3 is 2.85 bits per heavy atom. The molecule has 0 spiro atoms. The first-order valence-electron chi connectivity index (χ1n) is 7.76. The molecule has 0 saturated carbocycles. The summed E-state index contributed by atoms with van der Waals surface area (Å²) in [4.78, 5) is 12.3. The molecule has 6 nitrogen and oxygen atoms in total. The topological polar surface area (TPSA) is 84.1 Å². The third kappa shape index (κ3) is 4.45. The van der Waals surface area contributed by atoms with Crippen LogP contribution in [0, 0.1) is 0 Å². The van der Waals surface area contributed by atoms with Crippen molar-refractivity contribution in [3.63, 3.8) is 0 Å². The number of carbonyl (C=O) groups is 1. The number of phenols is 1. The van der Waals surface area contributed by atoms with Gasteiger partial charge in [0.1, 0.15) is 5.58 Å². The number of benzene rings is 2. The second kappa shape index (κ2) is 8.33. The van der Waals surface area contributed by atoms with E-state index in [0.29, 0.717) is 17.8 Å². The molecule has 3 rings (SSSR count). The highest BCUT2D eigenvalue weighted by Gasteiger charge is 2.14. The van der Waals surface area contributed by atoms with Gasteiger partial charge in [-0.1, -0.05) is 27.5 Å². The molecule has 1 heterocycles. The van der Waals surface area contributed by atoms with Crippen LogP contribution in [0.3, 0.4) is 0 Å². The van der Waals surface area contributed by atoms with Crippen LogP contribution in [0.25, 0.3) is 11.0 Å². The number of carbonyl (C=O) groups excluding carboxylic acids is 1. The van der Waals surface area contributed by atoms with Crippen molar-refractivity contribution in [2.75, 3.05) is 6.61 Å². The van der Waals surface area contributed by atoms with Gasteiger partial charge in [0.25, 0.3) is 0 Å². The van der Waals surface area contributed by atoms with Crippen LogP contribution in [0.2, 0.25) is 5.02 Å². The molecule has 2 aromatic carbocycles. The van der Waals surface area contributed by atoms with Crippen LogP contribution in [-0.4, -0.2) is 23.8 Å². The highest BCUT2D eigenvalue weighted by atomic mass is 79.9. The van der Waals surface area contributed by atoms with Crippen LogP contribution in [0.5, 0.6) is 11.5 Å². The number of aromatic hydroxyl groups is 1. The van der Waals surface area contributed by atoms with Gasteiger partial charge in [-0.25, -0.2) is 5.43 Å². The van der Waals surface area contributed by atoms with Crippen LogP contribution < -0.4 is 10.2 Å². The van der Waals surface area contributed by atoms with Gasteiger partial charge in [-0.3, -0.25) is 4.79 Å². The van der Waals surface area contributed by atoms with Gasteiger partial charge in [0.15, 0.2) is 17.3 Å². The molecule has 2 N–H and O–H groups in total. The van der Waals surface area contributed by atoms with Crippen molar-refractivity contribution in [2.45, 2.75) is 6.92 Å². The summed E-state index contributed by atoms with van der Waals surface area (Å²) in [5, 5.41) is 14.6. The number of nitrogens with one attached hydrogen (secondary N) is 1. The molecule has 3 aromatic rings. The van der Waals surface area contributed by atoms with Crippen molar-refractivity contribution in [1.82, 2.24) is 5.43 Å². The molecule has 27 heavy (non-hydrogen) atoms. The second-order valence-electron chi connectivity index (χ2n) is 5.40. The molecule has 140 valence electrons. The molecule has 0 bridgehead atoms. The van der Waals surface area contributed by atoms with E-state index in [0.717, 1.165) is 14.3 Å². The molecule has 1 amide bonds. The van der Waals surface area contributed by atoms with E-state index >= 15 is 0 Å². The fraction of sp³-hybridized carbons (Fsp3) is 0.111. The zero-order valence-corrected chi connectivity index (χ0v) is 17.9. The molecule has 1 aromatic heterocycles. The predicted molar refractivity (Wildman–Crippen MR) is 111 cm³/mol. The van der Waals surface area contributed by atoms with Crippen LogP contribution >= 0.6 is 43.5 Å². The van der Waals surface area contributed by atoms with Crippen molar-refractivity contribution >= 4 is 66.6 Å². The number of hydrogen-bond acceptors (Lipinski definition) is 5. The lowest BCUT2D eigenvalue weighted by Crippen LogP contribution is -2.16. The molecule has 9 heteroatoms. The van der Waals surface area contributed by atoms with Crippen LogP contribution in [0.1, 0.15) is 23.0 Å². The minimum Gasteiger partial charge on any atom is -0.503 e. The van der Waals surface area contributed by atoms with Gasteiger partial charge in [0, 0.05) is 9.86 Å². The highest BCUT2D eigenvalue weighted by molar-refractivity contribution is 9.11. The van der Waals surface area contributed by atoms with Crippen molar-refractivity contribution in [1.29, 1.82) is 0 Å². The van der Waals surface area contributed by atoms with Crippen molar-refractivity contribution in [3.8, 4) is 11.5 Å². The average Bonchev–Trinajstić information content (AvgIpc) is 3.04. The summed E-state index contributed by atoms with van der Waals surface area (Å²) in [7, 11) is 0. The molecule has 0 aliphatic heterocycles. The highest BCUT2D eigenvalue weighted by Crippen LogP contribution is 2.35. The summed E-state index contributed by atoms with van der Waals surface area (Å²) in [6, 6.07) is 8.37. The number of hydrogen-bond donors (Lipinski definition) is 2. The number of ether oxygens (including phenoxy) is 1. The summed E-state index contributed by atoms with van der Waals surface area (Å²) in [5.74, 6) is -0.274. The molecular formula is C18H13Br2ClN2O4. The van der Waals surface area contributed by atoms with Crippen molar-refractivity contribution in [3.05, 3.63) is 55.6 Å². The number of fused-ring (bicyclic) bond motifs is 1. The van der Waals surface area contributed by atoms with Crippen molar-refractivity contribution in [2.24, 2.45) is 5.10 Å². The van der Waals surface area contributed by atoms with Crippen LogP contribution in [0.4, 0.5) is 0 Å². The van der Waals surface area contributed by atoms with Gasteiger partial charge < -0.3 is 14.3 Å². The number of furan rings is 1. The maximum absolute atomic E-state index is 12.3. The lowest BCUT2D eigenvalue weighted by atomic mass is 10.2. The zero-order valence-electron chi connectivity index (χ0n) is 13.9. The zero-order chi connectivity index (χ0) is 19.6. The molecule has 0 fully saturated rings. The predicted octanol–water partition coefficient (Wildman–Crippen LogP) is 5.48. The largest absolute Gasteiger partial charge is 0.503 e. The Morgan fingerprint density at radius 1 is 1.33 bits per heavy atom. The quantitative estimate of drug-likeness (QED) is 0.348. The summed E-state index contributed by atoms with van der Waals surface area (Å²) >= 11 is 12.7. The van der Waals surface area contributed by atoms with Crippen molar-refractivity contribution < 1.29 is 19.1 Å². The van der Waals surface area contributed by atoms with Crippen LogP contribution in [-0.2, 0) is 0 Å². The summed E-state index contributed by atoms with van der Waals surface area (Å²) in [6.45, 7) is 2.16. The number of hydrazone groups is 1. The minimum absolute atomic E-state index is 0.125. The fourth-order valence-corrected chi connectivity index (χ4v) is 3.90. The van der Waals surface area contributed by atoms with E-state index in [1.54, 1.807) is 19.1 Å². The van der Waals surface area contributed by atoms with Gasteiger partial charge in [-0.05, 0) is 58.7 Å². The Labute approximate surface area is 176 Å². The SMILES string of the molecule is CCOc1cc(/C=N\NC(=O)c2cc3cc(Br)cc(Br)c3o2)cc(Cl)c1O. The molecule has 0 saturated heterocycles. The van der Waals surface area contributed by atoms with Gasteiger partial charge >= 0.3 is 5.91 Å². The molecule has 0 unspecified atom stereocenters. The first-order chi connectivity index (χ1) is 12.9. The Kier molecular flexibility index (Phi) is 6.08. The van der Waals surface area contributed by atoms with Gasteiger partial charge in [-0.2, -0.15) is 5.10 Å².